The van der Waals surface area contributed by atoms with E-state index in [0.29, 0.717) is 16.9 Å². The smallest absolute Gasteiger partial charge is 0.256 e. The van der Waals surface area contributed by atoms with E-state index in [-0.39, 0.29) is 12.3 Å². The van der Waals surface area contributed by atoms with E-state index in [0.717, 1.165) is 12.1 Å². The van der Waals surface area contributed by atoms with Crippen molar-refractivity contribution in [1.29, 1.82) is 0 Å². The first-order valence-corrected chi connectivity index (χ1v) is 6.93. The Hall–Kier alpha value is -2.23. The van der Waals surface area contributed by atoms with Crippen LogP contribution in [0, 0.1) is 23.5 Å². The van der Waals surface area contributed by atoms with E-state index in [2.05, 4.69) is 17.2 Å². The van der Waals surface area contributed by atoms with Crippen LogP contribution in [0.4, 0.5) is 14.5 Å². The number of halogens is 2. The second-order valence-electron chi connectivity index (χ2n) is 4.06. The van der Waals surface area contributed by atoms with Gasteiger partial charge in [-0.05, 0) is 18.2 Å². The molecule has 0 radical (unpaired) electrons. The number of hydrogen-bond donors (Lipinski definition) is 2. The molecular formula is C15H11F2NO2S. The topological polar surface area (TPSA) is 49.3 Å². The van der Waals surface area contributed by atoms with Crippen molar-refractivity contribution in [3.05, 3.63) is 51.7 Å². The van der Waals surface area contributed by atoms with Gasteiger partial charge in [0.1, 0.15) is 0 Å². The molecule has 0 unspecified atom stereocenters. The third-order valence-corrected chi connectivity index (χ3v) is 3.33. The molecule has 1 amide bonds. The molecule has 0 bridgehead atoms. The van der Waals surface area contributed by atoms with Gasteiger partial charge in [0, 0.05) is 23.6 Å². The molecular weight excluding hydrogens is 296 g/mol. The molecule has 0 saturated heterocycles. The van der Waals surface area contributed by atoms with Gasteiger partial charge in [0.05, 0.1) is 17.0 Å². The fraction of sp³-hybridized carbons (Fsp3) is 0.133. The summed E-state index contributed by atoms with van der Waals surface area (Å²) in [6, 6.07) is 4.75. The summed E-state index contributed by atoms with van der Waals surface area (Å²) >= 11 is 1.29. The second-order valence-corrected chi connectivity index (χ2v) is 4.97. The van der Waals surface area contributed by atoms with Gasteiger partial charge < -0.3 is 10.4 Å². The minimum absolute atomic E-state index is 0.0121. The van der Waals surface area contributed by atoms with Crippen LogP contribution in [0.15, 0.2) is 29.6 Å². The predicted molar refractivity (Wildman–Crippen MR) is 77.2 cm³/mol. The third kappa shape index (κ3) is 4.12. The zero-order chi connectivity index (χ0) is 15.2. The van der Waals surface area contributed by atoms with Crippen molar-refractivity contribution in [3.8, 4) is 11.8 Å². The standard InChI is InChI=1S/C15H11F2NO2S/c16-13-5-4-11(8-14(13)17)18-15(20)10-7-12(21-9-10)3-1-2-6-19/h4-5,7-9,19H,2,6H2,(H,18,20). The molecule has 0 aliphatic carbocycles. The zero-order valence-electron chi connectivity index (χ0n) is 10.8. The lowest BCUT2D eigenvalue weighted by molar-refractivity contribution is 0.102. The van der Waals surface area contributed by atoms with Gasteiger partial charge in [-0.1, -0.05) is 11.8 Å². The van der Waals surface area contributed by atoms with Gasteiger partial charge in [-0.15, -0.1) is 11.3 Å². The summed E-state index contributed by atoms with van der Waals surface area (Å²) in [5, 5.41) is 12.7. The molecule has 0 fully saturated rings. The quantitative estimate of drug-likeness (QED) is 0.856. The van der Waals surface area contributed by atoms with Gasteiger partial charge in [-0.25, -0.2) is 8.78 Å². The number of aliphatic hydroxyl groups excluding tert-OH is 1. The van der Waals surface area contributed by atoms with Gasteiger partial charge in [0.25, 0.3) is 5.91 Å². The summed E-state index contributed by atoms with van der Waals surface area (Å²) in [5.74, 6) is 3.16. The van der Waals surface area contributed by atoms with Crippen LogP contribution in [0.25, 0.3) is 0 Å². The summed E-state index contributed by atoms with van der Waals surface area (Å²) < 4.78 is 25.8. The highest BCUT2D eigenvalue weighted by Gasteiger charge is 2.10. The molecule has 3 nitrogen and oxygen atoms in total. The van der Waals surface area contributed by atoms with Crippen LogP contribution in [0.5, 0.6) is 0 Å². The van der Waals surface area contributed by atoms with Crippen molar-refractivity contribution in [2.45, 2.75) is 6.42 Å². The predicted octanol–water partition coefficient (Wildman–Crippen LogP) is 3.01. The molecule has 0 aliphatic rings. The van der Waals surface area contributed by atoms with E-state index in [1.165, 1.54) is 17.4 Å². The first kappa shape index (κ1) is 15.2. The van der Waals surface area contributed by atoms with E-state index in [1.54, 1.807) is 11.4 Å². The van der Waals surface area contributed by atoms with Gasteiger partial charge in [-0.3, -0.25) is 4.79 Å². The molecule has 1 aromatic heterocycles. The van der Waals surface area contributed by atoms with Gasteiger partial charge in [0.2, 0.25) is 0 Å². The number of rotatable bonds is 3. The van der Waals surface area contributed by atoms with Crippen LogP contribution >= 0.6 is 11.3 Å². The summed E-state index contributed by atoms with van der Waals surface area (Å²) in [6.45, 7) is -0.0121. The van der Waals surface area contributed by atoms with Gasteiger partial charge >= 0.3 is 0 Å². The Bertz CT molecular complexity index is 716. The molecule has 2 aromatic rings. The Kier molecular flexibility index (Phi) is 5.04. The van der Waals surface area contributed by atoms with Crippen molar-refractivity contribution in [1.82, 2.24) is 0 Å². The normalized spacial score (nSPS) is 9.86. The number of aliphatic hydroxyl groups is 1. The van der Waals surface area contributed by atoms with Crippen molar-refractivity contribution < 1.29 is 18.7 Å². The average molecular weight is 307 g/mol. The van der Waals surface area contributed by atoms with E-state index >= 15 is 0 Å². The molecule has 0 aliphatic heterocycles. The first-order chi connectivity index (χ1) is 10.1. The molecule has 0 atom stereocenters. The molecule has 108 valence electrons. The number of nitrogens with one attached hydrogen (secondary N) is 1. The summed E-state index contributed by atoms with van der Waals surface area (Å²) in [5.41, 5.74) is 0.566. The molecule has 0 spiro atoms. The highest BCUT2D eigenvalue weighted by molar-refractivity contribution is 7.10. The van der Waals surface area contributed by atoms with Crippen LogP contribution in [0.3, 0.4) is 0 Å². The van der Waals surface area contributed by atoms with Crippen LogP contribution in [-0.4, -0.2) is 17.6 Å². The Labute approximate surface area is 124 Å². The van der Waals surface area contributed by atoms with Crippen LogP contribution in [0.1, 0.15) is 21.7 Å². The number of carbonyl (C=O) groups is 1. The molecule has 0 saturated carbocycles. The molecule has 1 aromatic carbocycles. The van der Waals surface area contributed by atoms with Crippen molar-refractivity contribution in [2.75, 3.05) is 11.9 Å². The number of amides is 1. The lowest BCUT2D eigenvalue weighted by Gasteiger charge is -2.03. The van der Waals surface area contributed by atoms with Crippen molar-refractivity contribution in [2.24, 2.45) is 0 Å². The zero-order valence-corrected chi connectivity index (χ0v) is 11.6. The maximum absolute atomic E-state index is 13.0. The largest absolute Gasteiger partial charge is 0.395 e. The Morgan fingerprint density at radius 2 is 2.10 bits per heavy atom. The van der Waals surface area contributed by atoms with E-state index in [9.17, 15) is 13.6 Å². The number of thiophene rings is 1. The second kappa shape index (κ2) is 6.97. The number of benzene rings is 1. The molecule has 21 heavy (non-hydrogen) atoms. The number of anilines is 1. The van der Waals surface area contributed by atoms with Crippen LogP contribution < -0.4 is 5.32 Å². The highest BCUT2D eigenvalue weighted by Crippen LogP contribution is 2.17. The monoisotopic (exact) mass is 307 g/mol. The summed E-state index contributed by atoms with van der Waals surface area (Å²) in [7, 11) is 0. The maximum atomic E-state index is 13.0. The molecule has 2 rings (SSSR count). The van der Waals surface area contributed by atoms with Crippen LogP contribution in [-0.2, 0) is 0 Å². The third-order valence-electron chi connectivity index (χ3n) is 2.49. The van der Waals surface area contributed by atoms with Crippen molar-refractivity contribution >= 4 is 22.9 Å². The Balaban J connectivity index is 2.07. The highest BCUT2D eigenvalue weighted by atomic mass is 32.1. The van der Waals surface area contributed by atoms with E-state index in [1.807, 2.05) is 0 Å². The maximum Gasteiger partial charge on any atom is 0.256 e. The van der Waals surface area contributed by atoms with Gasteiger partial charge in [0.15, 0.2) is 11.6 Å². The summed E-state index contributed by atoms with van der Waals surface area (Å²) in [4.78, 5) is 12.6. The fourth-order valence-corrected chi connectivity index (χ4v) is 2.26. The number of carbonyl (C=O) groups excluding carboxylic acids is 1. The van der Waals surface area contributed by atoms with Crippen molar-refractivity contribution in [3.63, 3.8) is 0 Å². The first-order valence-electron chi connectivity index (χ1n) is 6.05. The fourth-order valence-electron chi connectivity index (χ4n) is 1.50. The Morgan fingerprint density at radius 3 is 2.81 bits per heavy atom. The molecule has 2 N–H and O–H groups in total. The minimum atomic E-state index is -1.02. The summed E-state index contributed by atoms with van der Waals surface area (Å²) in [6.07, 6.45) is 0.369. The molecule has 6 heteroatoms. The van der Waals surface area contributed by atoms with Gasteiger partial charge in [-0.2, -0.15) is 0 Å². The molecule has 1 heterocycles. The van der Waals surface area contributed by atoms with Crippen LogP contribution in [0.2, 0.25) is 0 Å². The minimum Gasteiger partial charge on any atom is -0.395 e. The average Bonchev–Trinajstić information content (AvgIpc) is 2.92. The van der Waals surface area contributed by atoms with E-state index in [4.69, 9.17) is 5.11 Å². The Morgan fingerprint density at radius 1 is 1.29 bits per heavy atom. The lowest BCUT2D eigenvalue weighted by Crippen LogP contribution is -2.11. The SMILES string of the molecule is O=C(Nc1ccc(F)c(F)c1)c1csc(C#CCCO)c1. The number of hydrogen-bond acceptors (Lipinski definition) is 3. The lowest BCUT2D eigenvalue weighted by atomic mass is 10.2. The van der Waals surface area contributed by atoms with E-state index < -0.39 is 17.5 Å².